The molecule has 0 radical (unpaired) electrons. The maximum atomic E-state index is 12.5. The number of nitro benzene ring substituents is 1. The molecule has 0 bridgehead atoms. The molecule has 1 fully saturated rings. The summed E-state index contributed by atoms with van der Waals surface area (Å²) < 4.78 is 0. The van der Waals surface area contributed by atoms with Crippen LogP contribution < -0.4 is 10.2 Å². The van der Waals surface area contributed by atoms with Crippen molar-refractivity contribution in [2.45, 2.75) is 13.3 Å². The Bertz CT molecular complexity index is 900. The van der Waals surface area contributed by atoms with E-state index < -0.39 is 10.8 Å². The second-order valence-electron chi connectivity index (χ2n) is 6.08. The van der Waals surface area contributed by atoms with Gasteiger partial charge in [0.25, 0.3) is 5.69 Å². The van der Waals surface area contributed by atoms with Crippen molar-refractivity contribution in [3.63, 3.8) is 0 Å². The van der Waals surface area contributed by atoms with E-state index in [0.717, 1.165) is 5.56 Å². The molecule has 2 aromatic rings. The van der Waals surface area contributed by atoms with E-state index >= 15 is 0 Å². The summed E-state index contributed by atoms with van der Waals surface area (Å²) in [4.78, 5) is 36.6. The first-order valence-electron chi connectivity index (χ1n) is 7.97. The molecule has 134 valence electrons. The lowest BCUT2D eigenvalue weighted by Crippen LogP contribution is -2.28. The van der Waals surface area contributed by atoms with Gasteiger partial charge >= 0.3 is 0 Å². The van der Waals surface area contributed by atoms with Gasteiger partial charge in [0.05, 0.1) is 16.5 Å². The number of amides is 2. The Kier molecular flexibility index (Phi) is 4.90. The third kappa shape index (κ3) is 3.52. The molecule has 2 amide bonds. The van der Waals surface area contributed by atoms with Crippen molar-refractivity contribution in [2.75, 3.05) is 16.8 Å². The van der Waals surface area contributed by atoms with Crippen LogP contribution in [0.5, 0.6) is 0 Å². The van der Waals surface area contributed by atoms with Gasteiger partial charge < -0.3 is 10.2 Å². The molecule has 1 atom stereocenters. The van der Waals surface area contributed by atoms with Gasteiger partial charge in [0.15, 0.2) is 0 Å². The number of non-ortho nitro benzene ring substituents is 1. The number of hydrogen-bond donors (Lipinski definition) is 1. The van der Waals surface area contributed by atoms with Gasteiger partial charge in [0.1, 0.15) is 0 Å². The summed E-state index contributed by atoms with van der Waals surface area (Å²) >= 11 is 6.06. The minimum Gasteiger partial charge on any atom is -0.325 e. The molecule has 0 aromatic heterocycles. The van der Waals surface area contributed by atoms with Gasteiger partial charge in [-0.2, -0.15) is 0 Å². The SMILES string of the molecule is Cc1c(Cl)cccc1NC(=O)[C@H]1CC(=O)N(c2cccc([N+](=O)[O-])c2)C1. The zero-order valence-electron chi connectivity index (χ0n) is 13.9. The summed E-state index contributed by atoms with van der Waals surface area (Å²) in [6.45, 7) is 1.97. The van der Waals surface area contributed by atoms with Crippen molar-refractivity contribution in [3.05, 3.63) is 63.2 Å². The molecule has 0 spiro atoms. The third-order valence-corrected chi connectivity index (χ3v) is 4.78. The quantitative estimate of drug-likeness (QED) is 0.655. The molecule has 1 heterocycles. The Labute approximate surface area is 154 Å². The standard InChI is InChI=1S/C18H16ClN3O4/c1-11-15(19)6-3-7-16(11)20-18(24)12-8-17(23)21(10-12)13-4-2-5-14(9-13)22(25)26/h2-7,9,12H,8,10H2,1H3,(H,20,24)/t12-/m0/s1. The number of benzene rings is 2. The predicted octanol–water partition coefficient (Wildman–Crippen LogP) is 3.55. The molecular formula is C18H16ClN3O4. The summed E-state index contributed by atoms with van der Waals surface area (Å²) in [7, 11) is 0. The number of nitrogens with zero attached hydrogens (tertiary/aromatic N) is 2. The van der Waals surface area contributed by atoms with Gasteiger partial charge in [-0.3, -0.25) is 19.7 Å². The number of hydrogen-bond acceptors (Lipinski definition) is 4. The largest absolute Gasteiger partial charge is 0.325 e. The molecule has 0 saturated carbocycles. The number of halogens is 1. The zero-order valence-corrected chi connectivity index (χ0v) is 14.7. The second kappa shape index (κ2) is 7.13. The molecular weight excluding hydrogens is 358 g/mol. The summed E-state index contributed by atoms with van der Waals surface area (Å²) in [6.07, 6.45) is 0.0497. The first-order valence-corrected chi connectivity index (χ1v) is 8.35. The van der Waals surface area contributed by atoms with E-state index in [9.17, 15) is 19.7 Å². The molecule has 0 aliphatic carbocycles. The maximum Gasteiger partial charge on any atom is 0.271 e. The van der Waals surface area contributed by atoms with Crippen molar-refractivity contribution >= 4 is 40.5 Å². The Morgan fingerprint density at radius 2 is 2.04 bits per heavy atom. The van der Waals surface area contributed by atoms with E-state index in [2.05, 4.69) is 5.32 Å². The average molecular weight is 374 g/mol. The minimum absolute atomic E-state index is 0.0497. The average Bonchev–Trinajstić information content (AvgIpc) is 3.01. The summed E-state index contributed by atoms with van der Waals surface area (Å²) in [5.41, 5.74) is 1.67. The van der Waals surface area contributed by atoms with Gasteiger partial charge in [0.2, 0.25) is 11.8 Å². The maximum absolute atomic E-state index is 12.5. The predicted molar refractivity (Wildman–Crippen MR) is 98.4 cm³/mol. The molecule has 1 saturated heterocycles. The van der Waals surface area contributed by atoms with E-state index in [1.54, 1.807) is 31.2 Å². The van der Waals surface area contributed by atoms with Crippen molar-refractivity contribution in [1.82, 2.24) is 0 Å². The normalized spacial score (nSPS) is 16.6. The molecule has 0 unspecified atom stereocenters. The van der Waals surface area contributed by atoms with Crippen LogP contribution in [-0.4, -0.2) is 23.3 Å². The second-order valence-corrected chi connectivity index (χ2v) is 6.49. The van der Waals surface area contributed by atoms with Crippen molar-refractivity contribution in [2.24, 2.45) is 5.92 Å². The fourth-order valence-electron chi connectivity index (χ4n) is 2.88. The molecule has 3 rings (SSSR count). The Hall–Kier alpha value is -2.93. The molecule has 26 heavy (non-hydrogen) atoms. The number of carbonyl (C=O) groups excluding carboxylic acids is 2. The summed E-state index contributed by atoms with van der Waals surface area (Å²) in [5.74, 6) is -1.06. The number of anilines is 2. The van der Waals surface area contributed by atoms with E-state index in [-0.39, 0.29) is 30.5 Å². The Morgan fingerprint density at radius 3 is 2.77 bits per heavy atom. The van der Waals surface area contributed by atoms with E-state index in [4.69, 9.17) is 11.6 Å². The molecule has 8 heteroatoms. The molecule has 1 aliphatic rings. The highest BCUT2D eigenvalue weighted by Crippen LogP contribution is 2.29. The highest BCUT2D eigenvalue weighted by molar-refractivity contribution is 6.31. The van der Waals surface area contributed by atoms with Crippen LogP contribution >= 0.6 is 11.6 Å². The van der Waals surface area contributed by atoms with Crippen LogP contribution in [0.4, 0.5) is 17.1 Å². The number of rotatable bonds is 4. The van der Waals surface area contributed by atoms with E-state index in [0.29, 0.717) is 16.4 Å². The van der Waals surface area contributed by atoms with Crippen LogP contribution in [0.3, 0.4) is 0 Å². The van der Waals surface area contributed by atoms with Crippen molar-refractivity contribution in [3.8, 4) is 0 Å². The highest BCUT2D eigenvalue weighted by atomic mass is 35.5. The highest BCUT2D eigenvalue weighted by Gasteiger charge is 2.35. The lowest BCUT2D eigenvalue weighted by Gasteiger charge is -2.17. The first kappa shape index (κ1) is 17.9. The van der Waals surface area contributed by atoms with Crippen LogP contribution in [0.25, 0.3) is 0 Å². The fourth-order valence-corrected chi connectivity index (χ4v) is 3.06. The van der Waals surface area contributed by atoms with Gasteiger partial charge in [-0.25, -0.2) is 0 Å². The summed E-state index contributed by atoms with van der Waals surface area (Å²) in [6, 6.07) is 11.0. The Balaban J connectivity index is 1.75. The van der Waals surface area contributed by atoms with Gasteiger partial charge in [-0.1, -0.05) is 23.7 Å². The first-order chi connectivity index (χ1) is 12.4. The lowest BCUT2D eigenvalue weighted by molar-refractivity contribution is -0.384. The summed E-state index contributed by atoms with van der Waals surface area (Å²) in [5, 5.41) is 14.3. The van der Waals surface area contributed by atoms with E-state index in [1.807, 2.05) is 0 Å². The number of carbonyl (C=O) groups is 2. The molecule has 1 N–H and O–H groups in total. The van der Waals surface area contributed by atoms with Crippen LogP contribution in [0, 0.1) is 23.0 Å². The van der Waals surface area contributed by atoms with Gasteiger partial charge in [-0.15, -0.1) is 0 Å². The van der Waals surface area contributed by atoms with Crippen molar-refractivity contribution < 1.29 is 14.5 Å². The number of nitro groups is 1. The molecule has 2 aromatic carbocycles. The fraction of sp³-hybridized carbons (Fsp3) is 0.222. The lowest BCUT2D eigenvalue weighted by atomic mass is 10.1. The minimum atomic E-state index is -0.542. The smallest absolute Gasteiger partial charge is 0.271 e. The molecule has 7 nitrogen and oxygen atoms in total. The zero-order chi connectivity index (χ0) is 18.8. The topological polar surface area (TPSA) is 92.6 Å². The van der Waals surface area contributed by atoms with Crippen LogP contribution in [-0.2, 0) is 9.59 Å². The third-order valence-electron chi connectivity index (χ3n) is 4.37. The van der Waals surface area contributed by atoms with Gasteiger partial charge in [-0.05, 0) is 30.7 Å². The van der Waals surface area contributed by atoms with Crippen LogP contribution in [0.1, 0.15) is 12.0 Å². The van der Waals surface area contributed by atoms with Crippen molar-refractivity contribution in [1.29, 1.82) is 0 Å². The molecule has 1 aliphatic heterocycles. The van der Waals surface area contributed by atoms with Gasteiger partial charge in [0, 0.05) is 35.8 Å². The monoisotopic (exact) mass is 373 g/mol. The Morgan fingerprint density at radius 1 is 1.31 bits per heavy atom. The van der Waals surface area contributed by atoms with Crippen LogP contribution in [0.2, 0.25) is 5.02 Å². The van der Waals surface area contributed by atoms with Crippen LogP contribution in [0.15, 0.2) is 42.5 Å². The van der Waals surface area contributed by atoms with E-state index in [1.165, 1.54) is 23.1 Å². The number of nitrogens with one attached hydrogen (secondary N) is 1.